The van der Waals surface area contributed by atoms with Crippen LogP contribution >= 0.6 is 0 Å². The van der Waals surface area contributed by atoms with Crippen LogP contribution in [0, 0.1) is 6.92 Å². The van der Waals surface area contributed by atoms with Gasteiger partial charge in [0.25, 0.3) is 6.71 Å². The van der Waals surface area contributed by atoms with E-state index in [1.165, 1.54) is 44.3 Å². The SMILES string of the molecule is C=C/C(C)=C(\C)c1cccc(-c2ccc(-c3cc4c5c(c3)Oc3ccccc3B5c3ccccc3O4)cc2)c1C.CC.CC. The smallest absolute Gasteiger partial charge is 0.260 e. The van der Waals surface area contributed by atoms with Crippen LogP contribution in [0.15, 0.2) is 121 Å². The molecule has 0 atom stereocenters. The third-order valence-corrected chi connectivity index (χ3v) is 8.46. The Morgan fingerprint density at radius 1 is 0.614 bits per heavy atom. The Labute approximate surface area is 263 Å². The number of para-hydroxylation sites is 2. The second-order valence-electron chi connectivity index (χ2n) is 10.7. The first kappa shape index (κ1) is 30.7. The van der Waals surface area contributed by atoms with Crippen molar-refractivity contribution < 1.29 is 9.47 Å². The van der Waals surface area contributed by atoms with Gasteiger partial charge in [-0.25, -0.2) is 0 Å². The van der Waals surface area contributed by atoms with Gasteiger partial charge in [-0.05, 0) is 100 Å². The first-order valence-electron chi connectivity index (χ1n) is 15.8. The van der Waals surface area contributed by atoms with E-state index in [1.807, 2.05) is 45.9 Å². The molecule has 2 heterocycles. The van der Waals surface area contributed by atoms with Gasteiger partial charge in [0, 0.05) is 5.46 Å². The van der Waals surface area contributed by atoms with Crippen LogP contribution in [0.4, 0.5) is 0 Å². The summed E-state index contributed by atoms with van der Waals surface area (Å²) >= 11 is 0. The molecule has 5 aromatic rings. The van der Waals surface area contributed by atoms with Gasteiger partial charge >= 0.3 is 0 Å². The molecule has 2 aliphatic heterocycles. The molecule has 0 N–H and O–H groups in total. The van der Waals surface area contributed by atoms with Crippen LogP contribution in [-0.4, -0.2) is 6.71 Å². The van der Waals surface area contributed by atoms with Crippen molar-refractivity contribution in [2.45, 2.75) is 48.5 Å². The van der Waals surface area contributed by atoms with E-state index in [2.05, 4.69) is 118 Å². The Hall–Kier alpha value is -4.76. The monoisotopic (exact) mass is 576 g/mol. The molecular formula is C41H41BO2. The lowest BCUT2D eigenvalue weighted by molar-refractivity contribution is 0.465. The number of ether oxygens (including phenoxy) is 2. The van der Waals surface area contributed by atoms with E-state index in [9.17, 15) is 0 Å². The Morgan fingerprint density at radius 2 is 1.14 bits per heavy atom. The van der Waals surface area contributed by atoms with Gasteiger partial charge in [0.05, 0.1) is 0 Å². The number of hydrogen-bond donors (Lipinski definition) is 0. The van der Waals surface area contributed by atoms with Gasteiger partial charge < -0.3 is 9.47 Å². The molecule has 3 heteroatoms. The highest BCUT2D eigenvalue weighted by atomic mass is 16.5. The quantitative estimate of drug-likeness (QED) is 0.153. The van der Waals surface area contributed by atoms with E-state index in [0.29, 0.717) is 0 Å². The zero-order chi connectivity index (χ0) is 31.4. The average Bonchev–Trinajstić information content (AvgIpc) is 3.09. The van der Waals surface area contributed by atoms with Crippen LogP contribution < -0.4 is 25.9 Å². The minimum atomic E-state index is 0.0915. The van der Waals surface area contributed by atoms with Crippen molar-refractivity contribution in [1.29, 1.82) is 0 Å². The molecule has 220 valence electrons. The highest BCUT2D eigenvalue weighted by Crippen LogP contribution is 2.39. The van der Waals surface area contributed by atoms with Gasteiger partial charge in [0.1, 0.15) is 23.0 Å². The van der Waals surface area contributed by atoms with Crippen LogP contribution in [-0.2, 0) is 0 Å². The molecule has 44 heavy (non-hydrogen) atoms. The van der Waals surface area contributed by atoms with Crippen molar-refractivity contribution in [3.8, 4) is 45.3 Å². The van der Waals surface area contributed by atoms with Gasteiger partial charge in [-0.2, -0.15) is 0 Å². The maximum absolute atomic E-state index is 6.48. The zero-order valence-electron chi connectivity index (χ0n) is 27.0. The number of allylic oxidation sites excluding steroid dienone is 3. The Kier molecular flexibility index (Phi) is 9.25. The van der Waals surface area contributed by atoms with Crippen LogP contribution in [0.2, 0.25) is 0 Å². The molecule has 0 spiro atoms. The average molecular weight is 577 g/mol. The Balaban J connectivity index is 0.000000924. The van der Waals surface area contributed by atoms with Gasteiger partial charge in [0.15, 0.2) is 0 Å². The van der Waals surface area contributed by atoms with Crippen molar-refractivity contribution in [3.63, 3.8) is 0 Å². The molecule has 0 saturated carbocycles. The van der Waals surface area contributed by atoms with Crippen molar-refractivity contribution in [2.24, 2.45) is 0 Å². The van der Waals surface area contributed by atoms with Crippen molar-refractivity contribution in [3.05, 3.63) is 132 Å². The first-order chi connectivity index (χ1) is 21.5. The van der Waals surface area contributed by atoms with Crippen molar-refractivity contribution in [1.82, 2.24) is 0 Å². The molecule has 0 radical (unpaired) electrons. The summed E-state index contributed by atoms with van der Waals surface area (Å²) in [5.41, 5.74) is 13.1. The van der Waals surface area contributed by atoms with E-state index in [4.69, 9.17) is 9.47 Å². The third kappa shape index (κ3) is 5.39. The molecule has 2 aliphatic rings. The second kappa shape index (κ2) is 13.3. The van der Waals surface area contributed by atoms with Crippen LogP contribution in [0.25, 0.3) is 27.8 Å². The maximum Gasteiger partial charge on any atom is 0.260 e. The summed E-state index contributed by atoms with van der Waals surface area (Å²) in [7, 11) is 0. The molecule has 0 bridgehead atoms. The number of rotatable bonds is 4. The lowest BCUT2D eigenvalue weighted by atomic mass is 9.35. The standard InChI is InChI=1S/C37H29BO2.2C2H6/c1-5-23(2)24(3)29-11-10-12-30(25(29)4)27-19-17-26(18-20-27)28-21-35-37-36(22-28)40-34-16-9-7-14-32(34)38(37)31-13-6-8-15-33(31)39-35;2*1-2/h5-22H,1H2,2-4H3;2*1-2H3/b24-23+;;. The summed E-state index contributed by atoms with van der Waals surface area (Å²) in [5, 5.41) is 0. The summed E-state index contributed by atoms with van der Waals surface area (Å²) in [5.74, 6) is 3.53. The fraction of sp³-hybridized carbons (Fsp3) is 0.171. The Bertz CT molecular complexity index is 1780. The summed E-state index contributed by atoms with van der Waals surface area (Å²) < 4.78 is 13.0. The largest absolute Gasteiger partial charge is 0.458 e. The minimum absolute atomic E-state index is 0.0915. The third-order valence-electron chi connectivity index (χ3n) is 8.46. The molecule has 5 aromatic carbocycles. The van der Waals surface area contributed by atoms with E-state index >= 15 is 0 Å². The van der Waals surface area contributed by atoms with Crippen molar-refractivity contribution in [2.75, 3.05) is 0 Å². The summed E-state index contributed by atoms with van der Waals surface area (Å²) in [6.07, 6.45) is 1.93. The van der Waals surface area contributed by atoms with E-state index in [-0.39, 0.29) is 6.71 Å². The highest BCUT2D eigenvalue weighted by Gasteiger charge is 2.40. The lowest BCUT2D eigenvalue weighted by Gasteiger charge is -2.33. The molecule has 0 aliphatic carbocycles. The van der Waals surface area contributed by atoms with Gasteiger partial charge in [-0.1, -0.05) is 119 Å². The summed E-state index contributed by atoms with van der Waals surface area (Å²) in [6.45, 7) is 18.5. The maximum atomic E-state index is 6.48. The van der Waals surface area contributed by atoms with Gasteiger partial charge in [-0.15, -0.1) is 0 Å². The lowest BCUT2D eigenvalue weighted by Crippen LogP contribution is -2.57. The molecule has 0 fully saturated rings. The fourth-order valence-corrected chi connectivity index (χ4v) is 6.12. The van der Waals surface area contributed by atoms with Crippen LogP contribution in [0.1, 0.15) is 52.7 Å². The second-order valence-corrected chi connectivity index (χ2v) is 10.7. The molecular weight excluding hydrogens is 535 g/mol. The van der Waals surface area contributed by atoms with Crippen LogP contribution in [0.5, 0.6) is 23.0 Å². The molecule has 0 amide bonds. The fourth-order valence-electron chi connectivity index (χ4n) is 6.12. The minimum Gasteiger partial charge on any atom is -0.458 e. The molecule has 0 saturated heterocycles. The number of hydrogen-bond acceptors (Lipinski definition) is 2. The number of fused-ring (bicyclic) bond motifs is 4. The Morgan fingerprint density at radius 3 is 1.68 bits per heavy atom. The molecule has 0 aromatic heterocycles. The highest BCUT2D eigenvalue weighted by molar-refractivity contribution is 6.98. The molecule has 2 nitrogen and oxygen atoms in total. The number of benzene rings is 5. The normalized spacial score (nSPS) is 12.3. The predicted molar refractivity (Wildman–Crippen MR) is 191 cm³/mol. The molecule has 7 rings (SSSR count). The summed E-state index contributed by atoms with van der Waals surface area (Å²) in [4.78, 5) is 0. The molecule has 0 unspecified atom stereocenters. The van der Waals surface area contributed by atoms with E-state index < -0.39 is 0 Å². The van der Waals surface area contributed by atoms with Gasteiger partial charge in [-0.3, -0.25) is 0 Å². The van der Waals surface area contributed by atoms with Crippen LogP contribution in [0.3, 0.4) is 0 Å². The van der Waals surface area contributed by atoms with Gasteiger partial charge in [0.2, 0.25) is 0 Å². The predicted octanol–water partition coefficient (Wildman–Crippen LogP) is 10.1. The van der Waals surface area contributed by atoms with E-state index in [1.54, 1.807) is 0 Å². The zero-order valence-corrected chi connectivity index (χ0v) is 27.0. The summed E-state index contributed by atoms with van der Waals surface area (Å²) in [6, 6.07) is 36.3. The van der Waals surface area contributed by atoms with Crippen molar-refractivity contribution >= 4 is 28.7 Å². The van der Waals surface area contributed by atoms with E-state index in [0.717, 1.165) is 39.6 Å². The topological polar surface area (TPSA) is 18.5 Å². The first-order valence-corrected chi connectivity index (χ1v) is 15.8.